The zero-order chi connectivity index (χ0) is 11.3. The molecule has 0 heterocycles. The van der Waals surface area contributed by atoms with Crippen LogP contribution in [0.2, 0.25) is 0 Å². The van der Waals surface area contributed by atoms with E-state index in [2.05, 4.69) is 12.2 Å². The Morgan fingerprint density at radius 2 is 2.40 bits per heavy atom. The van der Waals surface area contributed by atoms with E-state index in [9.17, 15) is 9.59 Å². The van der Waals surface area contributed by atoms with E-state index in [0.717, 1.165) is 25.5 Å². The Balaban J connectivity index is 2.69. The predicted octanol–water partition coefficient (Wildman–Crippen LogP) is 1.81. The van der Waals surface area contributed by atoms with Crippen LogP contribution in [0.5, 0.6) is 0 Å². The normalized spacial score (nSPS) is 29.8. The first-order valence-electron chi connectivity index (χ1n) is 5.30. The molecule has 3 unspecified atom stereocenters. The van der Waals surface area contributed by atoms with Crippen molar-refractivity contribution >= 4 is 12.4 Å². The monoisotopic (exact) mass is 211 g/mol. The van der Waals surface area contributed by atoms with E-state index in [0.29, 0.717) is 0 Å². The molecule has 0 radical (unpaired) electrons. The fraction of sp³-hybridized carbons (Fsp3) is 0.636. The van der Waals surface area contributed by atoms with Gasteiger partial charge in [0, 0.05) is 5.92 Å². The Bertz CT molecular complexity index is 263. The van der Waals surface area contributed by atoms with E-state index >= 15 is 0 Å². The molecule has 0 fully saturated rings. The Hall–Kier alpha value is -1.32. The molecule has 0 aliphatic heterocycles. The second-order valence-corrected chi connectivity index (χ2v) is 3.90. The third kappa shape index (κ3) is 3.08. The van der Waals surface area contributed by atoms with Crippen molar-refractivity contribution in [3.8, 4) is 0 Å². The topological polar surface area (TPSA) is 66.4 Å². The molecule has 1 rings (SSSR count). The van der Waals surface area contributed by atoms with Crippen LogP contribution in [0.4, 0.5) is 4.79 Å². The average molecular weight is 211 g/mol. The molecule has 2 N–H and O–H groups in total. The number of carbonyl (C=O) groups is 2. The number of rotatable bonds is 4. The first kappa shape index (κ1) is 11.8. The Labute approximate surface area is 89.4 Å². The van der Waals surface area contributed by atoms with Crippen LogP contribution >= 0.6 is 0 Å². The van der Waals surface area contributed by atoms with E-state index in [1.807, 2.05) is 6.08 Å². The van der Waals surface area contributed by atoms with Crippen molar-refractivity contribution in [2.24, 2.45) is 11.8 Å². The highest BCUT2D eigenvalue weighted by molar-refractivity contribution is 5.67. The van der Waals surface area contributed by atoms with Gasteiger partial charge in [0.2, 0.25) is 0 Å². The van der Waals surface area contributed by atoms with Crippen LogP contribution in [0, 0.1) is 11.8 Å². The third-order valence-corrected chi connectivity index (χ3v) is 2.85. The predicted molar refractivity (Wildman–Crippen MR) is 56.7 cm³/mol. The molecule has 4 nitrogen and oxygen atoms in total. The van der Waals surface area contributed by atoms with Crippen molar-refractivity contribution < 1.29 is 14.7 Å². The summed E-state index contributed by atoms with van der Waals surface area (Å²) < 4.78 is 0. The van der Waals surface area contributed by atoms with Gasteiger partial charge in [-0.05, 0) is 18.8 Å². The lowest BCUT2D eigenvalue weighted by Gasteiger charge is -2.30. The van der Waals surface area contributed by atoms with Gasteiger partial charge >= 0.3 is 6.09 Å². The third-order valence-electron chi connectivity index (χ3n) is 2.85. The van der Waals surface area contributed by atoms with Gasteiger partial charge in [0.1, 0.15) is 6.29 Å². The van der Waals surface area contributed by atoms with Gasteiger partial charge in [-0.2, -0.15) is 0 Å². The van der Waals surface area contributed by atoms with Crippen LogP contribution in [-0.2, 0) is 4.79 Å². The van der Waals surface area contributed by atoms with Crippen LogP contribution in [0.25, 0.3) is 0 Å². The number of hydrogen-bond donors (Lipinski definition) is 2. The zero-order valence-electron chi connectivity index (χ0n) is 8.85. The zero-order valence-corrected chi connectivity index (χ0v) is 8.85. The molecule has 0 bridgehead atoms. The Morgan fingerprint density at radius 3 is 2.93 bits per heavy atom. The summed E-state index contributed by atoms with van der Waals surface area (Å²) in [6, 6.07) is -0.356. The number of allylic oxidation sites excluding steroid dienone is 1. The van der Waals surface area contributed by atoms with Crippen molar-refractivity contribution in [3.63, 3.8) is 0 Å². The van der Waals surface area contributed by atoms with Crippen molar-refractivity contribution in [2.45, 2.75) is 32.2 Å². The highest BCUT2D eigenvalue weighted by Crippen LogP contribution is 2.28. The number of hydrogen-bond acceptors (Lipinski definition) is 2. The van der Waals surface area contributed by atoms with Crippen molar-refractivity contribution in [2.75, 3.05) is 0 Å². The number of aldehydes is 1. The summed E-state index contributed by atoms with van der Waals surface area (Å²) in [4.78, 5) is 21.5. The second kappa shape index (κ2) is 5.53. The molecule has 84 valence electrons. The summed E-state index contributed by atoms with van der Waals surface area (Å²) in [7, 11) is 0. The van der Waals surface area contributed by atoms with Gasteiger partial charge in [-0.25, -0.2) is 4.79 Å². The van der Waals surface area contributed by atoms with Crippen molar-refractivity contribution in [1.82, 2.24) is 5.32 Å². The molecule has 0 spiro atoms. The maximum Gasteiger partial charge on any atom is 0.405 e. The first-order chi connectivity index (χ1) is 7.19. The standard InChI is InChI=1S/C11H17NO3/c1-2-4-8-5-3-6-10(9(8)7-13)12-11(14)15/h3,6-10,12H,2,4-5H2,1H3,(H,14,15). The van der Waals surface area contributed by atoms with Gasteiger partial charge in [-0.1, -0.05) is 25.5 Å². The van der Waals surface area contributed by atoms with Gasteiger partial charge < -0.3 is 15.2 Å². The molecule has 0 aromatic carbocycles. The van der Waals surface area contributed by atoms with E-state index in [-0.39, 0.29) is 17.9 Å². The lowest BCUT2D eigenvalue weighted by atomic mass is 9.78. The summed E-state index contributed by atoms with van der Waals surface area (Å²) in [5, 5.41) is 11.0. The Kier molecular flexibility index (Phi) is 4.34. The van der Waals surface area contributed by atoms with Gasteiger partial charge in [0.05, 0.1) is 6.04 Å². The number of amides is 1. The molecular weight excluding hydrogens is 194 g/mol. The van der Waals surface area contributed by atoms with Gasteiger partial charge in [0.15, 0.2) is 0 Å². The number of carbonyl (C=O) groups excluding carboxylic acids is 1. The molecule has 0 saturated carbocycles. The summed E-state index contributed by atoms with van der Waals surface area (Å²) in [6.07, 6.45) is 6.39. The fourth-order valence-electron chi connectivity index (χ4n) is 2.14. The minimum atomic E-state index is -1.08. The molecule has 15 heavy (non-hydrogen) atoms. The first-order valence-corrected chi connectivity index (χ1v) is 5.30. The van der Waals surface area contributed by atoms with Crippen LogP contribution in [-0.4, -0.2) is 23.5 Å². The fourth-order valence-corrected chi connectivity index (χ4v) is 2.14. The molecule has 3 atom stereocenters. The molecule has 0 saturated heterocycles. The second-order valence-electron chi connectivity index (χ2n) is 3.90. The molecular formula is C11H17NO3. The molecule has 0 aromatic rings. The highest BCUT2D eigenvalue weighted by Gasteiger charge is 2.30. The molecule has 4 heteroatoms. The van der Waals surface area contributed by atoms with Gasteiger partial charge in [-0.15, -0.1) is 0 Å². The van der Waals surface area contributed by atoms with Gasteiger partial charge in [0.25, 0.3) is 0 Å². The summed E-state index contributed by atoms with van der Waals surface area (Å²) in [6.45, 7) is 2.07. The number of nitrogens with one attached hydrogen (secondary N) is 1. The smallest absolute Gasteiger partial charge is 0.405 e. The van der Waals surface area contributed by atoms with Crippen molar-refractivity contribution in [1.29, 1.82) is 0 Å². The van der Waals surface area contributed by atoms with E-state index in [1.54, 1.807) is 6.08 Å². The van der Waals surface area contributed by atoms with Crippen LogP contribution in [0.3, 0.4) is 0 Å². The summed E-state index contributed by atoms with van der Waals surface area (Å²) in [5.74, 6) is 0.0559. The van der Waals surface area contributed by atoms with Crippen molar-refractivity contribution in [3.05, 3.63) is 12.2 Å². The summed E-state index contributed by atoms with van der Waals surface area (Å²) in [5.41, 5.74) is 0. The van der Waals surface area contributed by atoms with E-state index < -0.39 is 6.09 Å². The van der Waals surface area contributed by atoms with Crippen LogP contribution in [0.1, 0.15) is 26.2 Å². The number of carboxylic acid groups (broad SMARTS) is 1. The highest BCUT2D eigenvalue weighted by atomic mass is 16.4. The SMILES string of the molecule is CCCC1CC=CC(NC(=O)O)C1C=O. The maximum absolute atomic E-state index is 11.0. The van der Waals surface area contributed by atoms with E-state index in [1.165, 1.54) is 0 Å². The molecule has 1 aliphatic carbocycles. The molecule has 0 aromatic heterocycles. The van der Waals surface area contributed by atoms with Gasteiger partial charge in [-0.3, -0.25) is 0 Å². The quantitative estimate of drug-likeness (QED) is 0.550. The van der Waals surface area contributed by atoms with Crippen LogP contribution in [0.15, 0.2) is 12.2 Å². The van der Waals surface area contributed by atoms with Crippen LogP contribution < -0.4 is 5.32 Å². The summed E-state index contributed by atoms with van der Waals surface area (Å²) >= 11 is 0. The lowest BCUT2D eigenvalue weighted by Crippen LogP contribution is -2.43. The minimum Gasteiger partial charge on any atom is -0.465 e. The molecule has 1 amide bonds. The average Bonchev–Trinajstić information content (AvgIpc) is 2.18. The molecule has 1 aliphatic rings. The lowest BCUT2D eigenvalue weighted by molar-refractivity contribution is -0.113. The van der Waals surface area contributed by atoms with E-state index in [4.69, 9.17) is 5.11 Å². The maximum atomic E-state index is 11.0. The minimum absolute atomic E-state index is 0.217. The largest absolute Gasteiger partial charge is 0.465 e. The Morgan fingerprint density at radius 1 is 1.67 bits per heavy atom.